The molecular weight excluding hydrogens is 216 g/mol. The van der Waals surface area contributed by atoms with E-state index in [1.165, 1.54) is 0 Å². The Balaban J connectivity index is 2.37. The molecule has 0 atom stereocenters. The van der Waals surface area contributed by atoms with Crippen molar-refractivity contribution in [3.63, 3.8) is 0 Å². The van der Waals surface area contributed by atoms with E-state index in [0.717, 1.165) is 11.3 Å². The van der Waals surface area contributed by atoms with E-state index in [4.69, 9.17) is 5.73 Å². The predicted octanol–water partition coefficient (Wildman–Crippen LogP) is 2.06. The number of hydrogen-bond donors (Lipinski definition) is 2. The van der Waals surface area contributed by atoms with E-state index >= 15 is 0 Å². The molecule has 2 amide bonds. The van der Waals surface area contributed by atoms with Crippen LogP contribution in [0.3, 0.4) is 0 Å². The Morgan fingerprint density at radius 2 is 2.12 bits per heavy atom. The number of anilines is 1. The molecule has 0 aliphatic heterocycles. The number of primary amides is 1. The lowest BCUT2D eigenvalue weighted by Crippen LogP contribution is -2.21. The molecular formula is C12H14N4O. The second-order valence-electron chi connectivity index (χ2n) is 3.59. The van der Waals surface area contributed by atoms with Crippen LogP contribution in [0.15, 0.2) is 36.4 Å². The maximum Gasteiger partial charge on any atom is 0.317 e. The minimum absolute atomic E-state index is 0.584. The normalized spacial score (nSPS) is 10.2. The second kappa shape index (κ2) is 4.69. The summed E-state index contributed by atoms with van der Waals surface area (Å²) in [5, 5.41) is 6.95. The Hall–Kier alpha value is -2.30. The summed E-state index contributed by atoms with van der Waals surface area (Å²) in [4.78, 5) is 10.9. The molecule has 1 aromatic carbocycles. The smallest absolute Gasteiger partial charge is 0.317 e. The maximum absolute atomic E-state index is 10.9. The van der Waals surface area contributed by atoms with Crippen molar-refractivity contribution in [2.24, 2.45) is 5.73 Å². The molecule has 0 bridgehead atoms. The van der Waals surface area contributed by atoms with Gasteiger partial charge in [-0.2, -0.15) is 5.10 Å². The minimum atomic E-state index is -0.584. The van der Waals surface area contributed by atoms with Crippen molar-refractivity contribution in [2.75, 3.05) is 5.32 Å². The highest BCUT2D eigenvalue weighted by molar-refractivity contribution is 5.87. The zero-order valence-electron chi connectivity index (χ0n) is 9.55. The summed E-state index contributed by atoms with van der Waals surface area (Å²) in [6.45, 7) is 2.62. The fourth-order valence-corrected chi connectivity index (χ4v) is 1.63. The molecule has 5 heteroatoms. The van der Waals surface area contributed by atoms with Gasteiger partial charge in [-0.1, -0.05) is 30.3 Å². The zero-order valence-corrected chi connectivity index (χ0v) is 9.55. The zero-order chi connectivity index (χ0) is 12.3. The molecule has 0 unspecified atom stereocenters. The fraction of sp³-hybridized carbons (Fsp3) is 0.167. The molecule has 1 heterocycles. The molecule has 0 aliphatic rings. The SMILES string of the molecule is CCn1nc(-c2ccccc2)cc1NC(N)=O. The Kier molecular flexibility index (Phi) is 3.09. The van der Waals surface area contributed by atoms with Crippen LogP contribution in [-0.4, -0.2) is 15.8 Å². The molecule has 17 heavy (non-hydrogen) atoms. The number of benzene rings is 1. The van der Waals surface area contributed by atoms with Crippen LogP contribution in [0.5, 0.6) is 0 Å². The third kappa shape index (κ3) is 2.44. The van der Waals surface area contributed by atoms with E-state index in [-0.39, 0.29) is 0 Å². The first-order chi connectivity index (χ1) is 8.20. The van der Waals surface area contributed by atoms with Gasteiger partial charge in [0.2, 0.25) is 0 Å². The quantitative estimate of drug-likeness (QED) is 0.847. The Bertz CT molecular complexity index is 519. The predicted molar refractivity (Wildman–Crippen MR) is 66.5 cm³/mol. The standard InChI is InChI=1S/C12H14N4O/c1-2-16-11(14-12(13)17)8-10(15-16)9-6-4-3-5-7-9/h3-8H,2H2,1H3,(H3,13,14,17). The van der Waals surface area contributed by atoms with E-state index in [1.807, 2.05) is 43.3 Å². The Morgan fingerprint density at radius 3 is 2.71 bits per heavy atom. The molecule has 0 saturated heterocycles. The van der Waals surface area contributed by atoms with Gasteiger partial charge in [0.05, 0.1) is 5.69 Å². The van der Waals surface area contributed by atoms with E-state index in [1.54, 1.807) is 4.68 Å². The summed E-state index contributed by atoms with van der Waals surface area (Å²) >= 11 is 0. The van der Waals surface area contributed by atoms with Gasteiger partial charge in [0.25, 0.3) is 0 Å². The van der Waals surface area contributed by atoms with Crippen LogP contribution >= 0.6 is 0 Å². The summed E-state index contributed by atoms with van der Waals surface area (Å²) in [5.74, 6) is 0.610. The highest BCUT2D eigenvalue weighted by Crippen LogP contribution is 2.21. The van der Waals surface area contributed by atoms with Gasteiger partial charge < -0.3 is 5.73 Å². The van der Waals surface area contributed by atoms with Gasteiger partial charge in [0.1, 0.15) is 5.82 Å². The van der Waals surface area contributed by atoms with Crippen LogP contribution < -0.4 is 11.1 Å². The van der Waals surface area contributed by atoms with Crippen molar-refractivity contribution in [1.29, 1.82) is 0 Å². The Labute approximate surface area is 99.2 Å². The maximum atomic E-state index is 10.9. The monoisotopic (exact) mass is 230 g/mol. The molecule has 2 rings (SSSR count). The first kappa shape index (κ1) is 11.2. The number of rotatable bonds is 3. The van der Waals surface area contributed by atoms with Crippen LogP contribution in [0.4, 0.5) is 10.6 Å². The van der Waals surface area contributed by atoms with Gasteiger partial charge in [-0.15, -0.1) is 0 Å². The van der Waals surface area contributed by atoms with Crippen LogP contribution in [0, 0.1) is 0 Å². The van der Waals surface area contributed by atoms with Crippen molar-refractivity contribution in [3.8, 4) is 11.3 Å². The van der Waals surface area contributed by atoms with Crippen molar-refractivity contribution >= 4 is 11.8 Å². The largest absolute Gasteiger partial charge is 0.351 e. The third-order valence-electron chi connectivity index (χ3n) is 2.40. The molecule has 2 aromatic rings. The number of amides is 2. The number of carbonyl (C=O) groups excluding carboxylic acids is 1. The molecule has 3 N–H and O–H groups in total. The second-order valence-corrected chi connectivity index (χ2v) is 3.59. The lowest BCUT2D eigenvalue weighted by atomic mass is 10.2. The molecule has 0 spiro atoms. The molecule has 1 aromatic heterocycles. The lowest BCUT2D eigenvalue weighted by molar-refractivity contribution is 0.259. The lowest BCUT2D eigenvalue weighted by Gasteiger charge is -2.02. The first-order valence-corrected chi connectivity index (χ1v) is 5.40. The minimum Gasteiger partial charge on any atom is -0.351 e. The van der Waals surface area contributed by atoms with Crippen molar-refractivity contribution in [3.05, 3.63) is 36.4 Å². The topological polar surface area (TPSA) is 72.9 Å². The van der Waals surface area contributed by atoms with Crippen LogP contribution in [-0.2, 0) is 6.54 Å². The van der Waals surface area contributed by atoms with Crippen molar-refractivity contribution < 1.29 is 4.79 Å². The summed E-state index contributed by atoms with van der Waals surface area (Å²) < 4.78 is 1.70. The van der Waals surface area contributed by atoms with Gasteiger partial charge in [0.15, 0.2) is 0 Å². The number of nitrogens with two attached hydrogens (primary N) is 1. The number of nitrogens with one attached hydrogen (secondary N) is 1. The molecule has 0 radical (unpaired) electrons. The highest BCUT2D eigenvalue weighted by Gasteiger charge is 2.09. The van der Waals surface area contributed by atoms with Gasteiger partial charge in [-0.3, -0.25) is 5.32 Å². The third-order valence-corrected chi connectivity index (χ3v) is 2.40. The van der Waals surface area contributed by atoms with Crippen LogP contribution in [0.2, 0.25) is 0 Å². The number of aryl methyl sites for hydroxylation is 1. The molecule has 0 fully saturated rings. The molecule has 88 valence electrons. The van der Waals surface area contributed by atoms with Crippen LogP contribution in [0.25, 0.3) is 11.3 Å². The number of aromatic nitrogens is 2. The van der Waals surface area contributed by atoms with E-state index < -0.39 is 6.03 Å². The number of nitrogens with zero attached hydrogens (tertiary/aromatic N) is 2. The number of hydrogen-bond acceptors (Lipinski definition) is 2. The fourth-order valence-electron chi connectivity index (χ4n) is 1.63. The summed E-state index contributed by atoms with van der Waals surface area (Å²) in [5.41, 5.74) is 6.93. The Morgan fingerprint density at radius 1 is 1.41 bits per heavy atom. The van der Waals surface area contributed by atoms with Gasteiger partial charge in [-0.25, -0.2) is 9.48 Å². The average molecular weight is 230 g/mol. The van der Waals surface area contributed by atoms with E-state index in [9.17, 15) is 4.79 Å². The van der Waals surface area contributed by atoms with Gasteiger partial charge in [0, 0.05) is 18.2 Å². The highest BCUT2D eigenvalue weighted by atomic mass is 16.2. The molecule has 5 nitrogen and oxygen atoms in total. The summed E-state index contributed by atoms with van der Waals surface area (Å²) in [6.07, 6.45) is 0. The summed E-state index contributed by atoms with van der Waals surface area (Å²) in [7, 11) is 0. The molecule has 0 saturated carbocycles. The van der Waals surface area contributed by atoms with Gasteiger partial charge >= 0.3 is 6.03 Å². The van der Waals surface area contributed by atoms with Crippen molar-refractivity contribution in [1.82, 2.24) is 9.78 Å². The number of carbonyl (C=O) groups is 1. The van der Waals surface area contributed by atoms with Gasteiger partial charge in [-0.05, 0) is 6.92 Å². The van der Waals surface area contributed by atoms with E-state index in [2.05, 4.69) is 10.4 Å². The first-order valence-electron chi connectivity index (χ1n) is 5.40. The average Bonchev–Trinajstić information content (AvgIpc) is 2.72. The van der Waals surface area contributed by atoms with Crippen molar-refractivity contribution in [2.45, 2.75) is 13.5 Å². The van der Waals surface area contributed by atoms with Crippen LogP contribution in [0.1, 0.15) is 6.92 Å². The number of urea groups is 1. The molecule has 0 aliphatic carbocycles. The summed E-state index contributed by atoms with van der Waals surface area (Å²) in [6, 6.07) is 11.0. The van der Waals surface area contributed by atoms with E-state index in [0.29, 0.717) is 12.4 Å².